The Bertz CT molecular complexity index is 935. The van der Waals surface area contributed by atoms with Crippen LogP contribution in [-0.2, 0) is 10.0 Å². The molecule has 0 bridgehead atoms. The highest BCUT2D eigenvalue weighted by Crippen LogP contribution is 2.15. The van der Waals surface area contributed by atoms with Crippen molar-refractivity contribution in [2.45, 2.75) is 12.8 Å². The second kappa shape index (κ2) is 12.9. The van der Waals surface area contributed by atoms with Gasteiger partial charge in [0.2, 0.25) is 10.0 Å². The second-order valence-corrected chi connectivity index (χ2v) is 9.67. The summed E-state index contributed by atoms with van der Waals surface area (Å²) >= 11 is 0. The molecular formula is C22H33IN6O2S. The molecule has 0 amide bonds. The zero-order chi connectivity index (χ0) is 22.1. The summed E-state index contributed by atoms with van der Waals surface area (Å²) in [5.74, 6) is 1.85. The van der Waals surface area contributed by atoms with E-state index in [4.69, 9.17) is 0 Å². The van der Waals surface area contributed by atoms with Crippen LogP contribution in [0.25, 0.3) is 0 Å². The van der Waals surface area contributed by atoms with Crippen molar-refractivity contribution in [1.82, 2.24) is 19.9 Å². The van der Waals surface area contributed by atoms with E-state index in [2.05, 4.69) is 44.6 Å². The van der Waals surface area contributed by atoms with Crippen LogP contribution in [0, 0.1) is 0 Å². The van der Waals surface area contributed by atoms with Crippen molar-refractivity contribution in [1.29, 1.82) is 0 Å². The van der Waals surface area contributed by atoms with E-state index >= 15 is 0 Å². The average Bonchev–Trinajstić information content (AvgIpc) is 2.82. The molecule has 2 aromatic rings. The molecular weight excluding hydrogens is 539 g/mol. The van der Waals surface area contributed by atoms with Crippen molar-refractivity contribution in [2.24, 2.45) is 4.99 Å². The maximum atomic E-state index is 12.7. The summed E-state index contributed by atoms with van der Waals surface area (Å²) in [4.78, 5) is 10.7. The van der Waals surface area contributed by atoms with Crippen molar-refractivity contribution in [2.75, 3.05) is 57.0 Å². The van der Waals surface area contributed by atoms with Gasteiger partial charge < -0.3 is 15.5 Å². The van der Waals surface area contributed by atoms with Gasteiger partial charge >= 0.3 is 0 Å². The number of sulfonamides is 1. The molecule has 3 rings (SSSR count). The SMILES string of the molecule is CN=C(NCCS(=O)(=O)N1CCN(c2ccccn2)CC1)NCC(C)c1ccccc1.I. The smallest absolute Gasteiger partial charge is 0.215 e. The number of nitrogens with zero attached hydrogens (tertiary/aromatic N) is 4. The number of pyridine rings is 1. The van der Waals surface area contributed by atoms with Crippen LogP contribution in [0.5, 0.6) is 0 Å². The average molecular weight is 573 g/mol. The molecule has 10 heteroatoms. The molecule has 32 heavy (non-hydrogen) atoms. The Labute approximate surface area is 208 Å². The number of hydrogen-bond donors (Lipinski definition) is 2. The summed E-state index contributed by atoms with van der Waals surface area (Å²) in [6.45, 7) is 5.40. The number of hydrogen-bond acceptors (Lipinski definition) is 5. The van der Waals surface area contributed by atoms with Gasteiger partial charge in [0.25, 0.3) is 0 Å². The summed E-state index contributed by atoms with van der Waals surface area (Å²) < 4.78 is 27.1. The zero-order valence-electron chi connectivity index (χ0n) is 18.6. The first-order valence-electron chi connectivity index (χ1n) is 10.6. The molecule has 1 unspecified atom stereocenters. The van der Waals surface area contributed by atoms with E-state index in [0.717, 1.165) is 5.82 Å². The van der Waals surface area contributed by atoms with Crippen LogP contribution >= 0.6 is 24.0 Å². The van der Waals surface area contributed by atoms with Crippen molar-refractivity contribution < 1.29 is 8.42 Å². The Hall–Kier alpha value is -1.92. The molecule has 2 N–H and O–H groups in total. The van der Waals surface area contributed by atoms with Gasteiger partial charge in [-0.1, -0.05) is 43.3 Å². The van der Waals surface area contributed by atoms with Gasteiger partial charge in [-0.25, -0.2) is 13.4 Å². The van der Waals surface area contributed by atoms with Gasteiger partial charge in [-0.15, -0.1) is 24.0 Å². The summed E-state index contributed by atoms with van der Waals surface area (Å²) in [6, 6.07) is 16.0. The van der Waals surface area contributed by atoms with Crippen LogP contribution in [0.15, 0.2) is 59.7 Å². The highest BCUT2D eigenvalue weighted by Gasteiger charge is 2.27. The Morgan fingerprint density at radius 2 is 1.75 bits per heavy atom. The number of halogens is 1. The minimum atomic E-state index is -3.33. The molecule has 1 aromatic carbocycles. The maximum absolute atomic E-state index is 12.7. The minimum absolute atomic E-state index is 0. The molecule has 0 aliphatic carbocycles. The topological polar surface area (TPSA) is 89.9 Å². The Balaban J connectivity index is 0.00000363. The second-order valence-electron chi connectivity index (χ2n) is 7.58. The molecule has 1 saturated heterocycles. The maximum Gasteiger partial charge on any atom is 0.215 e. The van der Waals surface area contributed by atoms with Gasteiger partial charge in [-0.05, 0) is 23.6 Å². The molecule has 8 nitrogen and oxygen atoms in total. The fourth-order valence-corrected chi connectivity index (χ4v) is 4.87. The van der Waals surface area contributed by atoms with Crippen molar-refractivity contribution in [3.63, 3.8) is 0 Å². The van der Waals surface area contributed by atoms with E-state index in [1.807, 2.05) is 36.4 Å². The number of anilines is 1. The molecule has 176 valence electrons. The molecule has 1 aliphatic rings. The lowest BCUT2D eigenvalue weighted by molar-refractivity contribution is 0.384. The van der Waals surface area contributed by atoms with Crippen LogP contribution in [-0.4, -0.2) is 75.7 Å². The third-order valence-corrected chi connectivity index (χ3v) is 7.30. The highest BCUT2D eigenvalue weighted by molar-refractivity contribution is 14.0. The molecule has 2 heterocycles. The summed E-state index contributed by atoms with van der Waals surface area (Å²) in [5, 5.41) is 6.39. The van der Waals surface area contributed by atoms with Crippen LogP contribution in [0.4, 0.5) is 5.82 Å². The number of aliphatic imine (C=N–C) groups is 1. The van der Waals surface area contributed by atoms with E-state index in [0.29, 0.717) is 51.1 Å². The fourth-order valence-electron chi connectivity index (χ4n) is 3.53. The molecule has 1 aromatic heterocycles. The van der Waals surface area contributed by atoms with Gasteiger partial charge in [0, 0.05) is 52.5 Å². The van der Waals surface area contributed by atoms with Gasteiger partial charge in [-0.3, -0.25) is 4.99 Å². The number of rotatable bonds is 8. The molecule has 1 aliphatic heterocycles. The van der Waals surface area contributed by atoms with Gasteiger partial charge in [0.15, 0.2) is 5.96 Å². The van der Waals surface area contributed by atoms with Crippen LogP contribution in [0.1, 0.15) is 18.4 Å². The van der Waals surface area contributed by atoms with Crippen molar-refractivity contribution in [3.8, 4) is 0 Å². The monoisotopic (exact) mass is 572 g/mol. The highest BCUT2D eigenvalue weighted by atomic mass is 127. The Morgan fingerprint density at radius 3 is 2.38 bits per heavy atom. The number of aromatic nitrogens is 1. The van der Waals surface area contributed by atoms with Crippen molar-refractivity contribution >= 4 is 45.8 Å². The molecule has 0 saturated carbocycles. The standard InChI is InChI=1S/C22H32N6O2S.HI/c1-19(20-8-4-3-5-9-20)18-26-22(23-2)25-12-17-31(29,30)28-15-13-27(14-16-28)21-10-6-7-11-24-21;/h3-11,19H,12-18H2,1-2H3,(H2,23,25,26);1H. The first kappa shape index (κ1) is 26.3. The lowest BCUT2D eigenvalue weighted by atomic mass is 10.0. The molecule has 0 radical (unpaired) electrons. The first-order valence-corrected chi connectivity index (χ1v) is 12.2. The first-order chi connectivity index (χ1) is 15.0. The molecule has 0 spiro atoms. The van der Waals surface area contributed by atoms with Gasteiger partial charge in [-0.2, -0.15) is 4.31 Å². The third kappa shape index (κ3) is 7.59. The normalized spacial score (nSPS) is 16.2. The zero-order valence-corrected chi connectivity index (χ0v) is 21.8. The quantitative estimate of drug-likeness (QED) is 0.286. The summed E-state index contributed by atoms with van der Waals surface area (Å²) in [6.07, 6.45) is 1.76. The van der Waals surface area contributed by atoms with E-state index < -0.39 is 10.0 Å². The van der Waals surface area contributed by atoms with Gasteiger partial charge in [0.05, 0.1) is 5.75 Å². The molecule has 1 fully saturated rings. The summed E-state index contributed by atoms with van der Waals surface area (Å²) in [5.41, 5.74) is 1.25. The number of guanidine groups is 1. The minimum Gasteiger partial charge on any atom is -0.356 e. The van der Waals surface area contributed by atoms with Gasteiger partial charge in [0.1, 0.15) is 5.82 Å². The lowest BCUT2D eigenvalue weighted by Crippen LogP contribution is -2.50. The van der Waals surface area contributed by atoms with E-state index in [1.54, 1.807) is 17.5 Å². The lowest BCUT2D eigenvalue weighted by Gasteiger charge is -2.34. The fraction of sp³-hybridized carbons (Fsp3) is 0.455. The van der Waals surface area contributed by atoms with Crippen molar-refractivity contribution in [3.05, 3.63) is 60.3 Å². The van der Waals surface area contributed by atoms with Crippen LogP contribution < -0.4 is 15.5 Å². The van der Waals surface area contributed by atoms with Crippen LogP contribution in [0.2, 0.25) is 0 Å². The largest absolute Gasteiger partial charge is 0.356 e. The number of benzene rings is 1. The predicted molar refractivity (Wildman–Crippen MR) is 141 cm³/mol. The molecule has 1 atom stereocenters. The number of nitrogens with one attached hydrogen (secondary N) is 2. The third-order valence-electron chi connectivity index (χ3n) is 5.43. The predicted octanol–water partition coefficient (Wildman–Crippen LogP) is 2.12. The van der Waals surface area contributed by atoms with E-state index in [-0.39, 0.29) is 29.7 Å². The van der Waals surface area contributed by atoms with E-state index in [9.17, 15) is 8.42 Å². The summed E-state index contributed by atoms with van der Waals surface area (Å²) in [7, 11) is -1.64. The van der Waals surface area contributed by atoms with Crippen LogP contribution in [0.3, 0.4) is 0 Å². The number of piperazine rings is 1. The Kier molecular flexibility index (Phi) is 10.7. The van der Waals surface area contributed by atoms with E-state index in [1.165, 1.54) is 5.56 Å². The Morgan fingerprint density at radius 1 is 1.06 bits per heavy atom.